The van der Waals surface area contributed by atoms with Crippen LogP contribution in [-0.4, -0.2) is 60.1 Å². The number of hydrogen-bond acceptors (Lipinski definition) is 5. The monoisotopic (exact) mass is 437 g/mol. The Kier molecular flexibility index (Phi) is 6.60. The zero-order valence-electron chi connectivity index (χ0n) is 18.9. The normalized spacial score (nSPS) is 30.4. The number of nitro benzene ring substituents is 1. The van der Waals surface area contributed by atoms with Crippen LogP contribution in [0.3, 0.4) is 0 Å². The molecule has 0 N–H and O–H groups in total. The number of rotatable bonds is 7. The molecule has 4 atom stereocenters. The maximum absolute atomic E-state index is 11.0. The van der Waals surface area contributed by atoms with Gasteiger partial charge in [0, 0.05) is 36.6 Å². The van der Waals surface area contributed by atoms with E-state index in [4.69, 9.17) is 4.74 Å². The lowest BCUT2D eigenvalue weighted by Crippen LogP contribution is -2.47. The molecule has 32 heavy (non-hydrogen) atoms. The van der Waals surface area contributed by atoms with E-state index in [1.807, 2.05) is 12.1 Å². The van der Waals surface area contributed by atoms with Crippen molar-refractivity contribution in [3.63, 3.8) is 0 Å². The largest absolute Gasteiger partial charge is 0.494 e. The molecule has 3 saturated heterocycles. The second-order valence-electron chi connectivity index (χ2n) is 9.83. The van der Waals surface area contributed by atoms with Crippen LogP contribution in [0.1, 0.15) is 50.0 Å². The lowest BCUT2D eigenvalue weighted by atomic mass is 9.72. The van der Waals surface area contributed by atoms with E-state index >= 15 is 0 Å². The van der Waals surface area contributed by atoms with Crippen LogP contribution < -0.4 is 0 Å². The molecule has 172 valence electrons. The van der Waals surface area contributed by atoms with Crippen molar-refractivity contribution in [3.8, 4) is 0 Å². The van der Waals surface area contributed by atoms with E-state index in [1.165, 1.54) is 44.3 Å². The highest BCUT2D eigenvalue weighted by atomic mass is 16.6. The van der Waals surface area contributed by atoms with E-state index in [-0.39, 0.29) is 10.6 Å². The molecule has 1 aromatic rings. The topological polar surface area (TPSA) is 58.9 Å². The predicted octanol–water partition coefficient (Wildman–Crippen LogP) is 4.74. The van der Waals surface area contributed by atoms with Gasteiger partial charge in [-0.2, -0.15) is 0 Å². The molecule has 1 aromatic carbocycles. The number of non-ortho nitro benzene ring substituents is 1. The SMILES string of the molecule is O=[N+]([O-])c1ccc(C2CCN3CCC4C=CC(OCCCN5CCCCC5)=CC4C23)cc1. The van der Waals surface area contributed by atoms with Crippen LogP contribution in [0.25, 0.3) is 0 Å². The molecule has 0 aromatic heterocycles. The van der Waals surface area contributed by atoms with E-state index in [2.05, 4.69) is 28.0 Å². The van der Waals surface area contributed by atoms with Crippen molar-refractivity contribution < 1.29 is 9.66 Å². The molecule has 3 fully saturated rings. The second-order valence-corrected chi connectivity index (χ2v) is 9.83. The fraction of sp³-hybridized carbons (Fsp3) is 0.615. The van der Waals surface area contributed by atoms with Crippen molar-refractivity contribution >= 4 is 5.69 Å². The van der Waals surface area contributed by atoms with Crippen molar-refractivity contribution in [2.75, 3.05) is 39.3 Å². The minimum atomic E-state index is -0.315. The van der Waals surface area contributed by atoms with Crippen molar-refractivity contribution in [3.05, 3.63) is 63.9 Å². The fourth-order valence-corrected chi connectivity index (χ4v) is 6.29. The first-order valence-corrected chi connectivity index (χ1v) is 12.4. The molecule has 3 aliphatic heterocycles. The predicted molar refractivity (Wildman–Crippen MR) is 125 cm³/mol. The second kappa shape index (κ2) is 9.75. The molecule has 0 saturated carbocycles. The Morgan fingerprint density at radius 1 is 1.03 bits per heavy atom. The van der Waals surface area contributed by atoms with E-state index in [9.17, 15) is 10.1 Å². The Labute approximate surface area is 191 Å². The lowest BCUT2D eigenvalue weighted by molar-refractivity contribution is -0.384. The highest BCUT2D eigenvalue weighted by Crippen LogP contribution is 2.46. The number of likely N-dealkylation sites (tertiary alicyclic amines) is 1. The van der Waals surface area contributed by atoms with Crippen LogP contribution in [0.5, 0.6) is 0 Å². The van der Waals surface area contributed by atoms with Crippen LogP contribution >= 0.6 is 0 Å². The number of nitrogens with zero attached hydrogens (tertiary/aromatic N) is 3. The summed E-state index contributed by atoms with van der Waals surface area (Å²) in [5, 5.41) is 11.0. The Morgan fingerprint density at radius 3 is 2.59 bits per heavy atom. The van der Waals surface area contributed by atoms with Crippen LogP contribution in [0, 0.1) is 22.0 Å². The average molecular weight is 438 g/mol. The summed E-state index contributed by atoms with van der Waals surface area (Å²) in [4.78, 5) is 15.9. The van der Waals surface area contributed by atoms with Gasteiger partial charge >= 0.3 is 0 Å². The van der Waals surface area contributed by atoms with Crippen LogP contribution in [0.15, 0.2) is 48.3 Å². The van der Waals surface area contributed by atoms with Gasteiger partial charge in [0.05, 0.1) is 11.5 Å². The zero-order valence-corrected chi connectivity index (χ0v) is 18.9. The number of fused-ring (bicyclic) bond motifs is 3. The molecular weight excluding hydrogens is 402 g/mol. The summed E-state index contributed by atoms with van der Waals surface area (Å²) in [6, 6.07) is 7.71. The van der Waals surface area contributed by atoms with Gasteiger partial charge in [-0.1, -0.05) is 24.6 Å². The molecule has 1 aliphatic carbocycles. The van der Waals surface area contributed by atoms with E-state index < -0.39 is 0 Å². The van der Waals surface area contributed by atoms with Crippen LogP contribution in [-0.2, 0) is 4.74 Å². The first kappa shape index (κ1) is 21.7. The standard InChI is InChI=1S/C26H35N3O3/c30-29(31)22-8-5-20(6-9-22)24-12-17-28-16-11-21-7-10-23(19-25(21)26(24)28)32-18-4-15-27-13-2-1-3-14-27/h5-10,19,21,24-26H,1-4,11-18H2. The molecule has 0 bridgehead atoms. The Hall–Kier alpha value is -2.18. The minimum Gasteiger partial charge on any atom is -0.494 e. The van der Waals surface area contributed by atoms with Gasteiger partial charge in [-0.25, -0.2) is 0 Å². The maximum atomic E-state index is 11.0. The molecule has 0 radical (unpaired) electrons. The number of allylic oxidation sites excluding steroid dienone is 2. The molecule has 6 heteroatoms. The summed E-state index contributed by atoms with van der Waals surface area (Å²) < 4.78 is 6.21. The third-order valence-electron chi connectivity index (χ3n) is 7.93. The molecule has 5 rings (SSSR count). The zero-order chi connectivity index (χ0) is 21.9. The Morgan fingerprint density at radius 2 is 1.81 bits per heavy atom. The van der Waals surface area contributed by atoms with Crippen molar-refractivity contribution in [2.45, 2.75) is 50.5 Å². The molecule has 3 heterocycles. The average Bonchev–Trinajstić information content (AvgIpc) is 3.27. The van der Waals surface area contributed by atoms with Gasteiger partial charge in [0.15, 0.2) is 0 Å². The highest BCUT2D eigenvalue weighted by molar-refractivity contribution is 5.36. The summed E-state index contributed by atoms with van der Waals surface area (Å²) in [6.45, 7) is 6.66. The lowest BCUT2D eigenvalue weighted by Gasteiger charge is -2.43. The maximum Gasteiger partial charge on any atom is 0.269 e. The summed E-state index contributed by atoms with van der Waals surface area (Å²) in [5.41, 5.74) is 1.40. The first-order chi connectivity index (χ1) is 15.7. The molecule has 0 amide bonds. The third-order valence-corrected chi connectivity index (χ3v) is 7.93. The summed E-state index contributed by atoms with van der Waals surface area (Å²) >= 11 is 0. The molecule has 6 nitrogen and oxygen atoms in total. The van der Waals surface area contributed by atoms with Crippen molar-refractivity contribution in [1.82, 2.24) is 9.80 Å². The van der Waals surface area contributed by atoms with Gasteiger partial charge in [-0.3, -0.25) is 15.0 Å². The van der Waals surface area contributed by atoms with Crippen molar-refractivity contribution in [2.24, 2.45) is 11.8 Å². The number of piperidine rings is 2. The van der Waals surface area contributed by atoms with Gasteiger partial charge < -0.3 is 9.64 Å². The third kappa shape index (κ3) is 4.62. The van der Waals surface area contributed by atoms with Gasteiger partial charge in [0.1, 0.15) is 5.76 Å². The summed E-state index contributed by atoms with van der Waals surface area (Å²) in [6.07, 6.45) is 14.4. The number of hydrogen-bond donors (Lipinski definition) is 0. The van der Waals surface area contributed by atoms with E-state index in [0.29, 0.717) is 23.8 Å². The van der Waals surface area contributed by atoms with Crippen LogP contribution in [0.2, 0.25) is 0 Å². The molecule has 4 unspecified atom stereocenters. The smallest absolute Gasteiger partial charge is 0.269 e. The van der Waals surface area contributed by atoms with Gasteiger partial charge in [-0.05, 0) is 81.9 Å². The molecular formula is C26H35N3O3. The Balaban J connectivity index is 1.23. The summed E-state index contributed by atoms with van der Waals surface area (Å²) in [7, 11) is 0. The molecule has 0 spiro atoms. The van der Waals surface area contributed by atoms with Gasteiger partial charge in [-0.15, -0.1) is 0 Å². The quantitative estimate of drug-likeness (QED) is 0.350. The summed E-state index contributed by atoms with van der Waals surface area (Å²) in [5.74, 6) is 2.47. The van der Waals surface area contributed by atoms with Crippen molar-refractivity contribution in [1.29, 1.82) is 0 Å². The highest BCUT2D eigenvalue weighted by Gasteiger charge is 2.45. The number of ether oxygens (including phenoxy) is 1. The fourth-order valence-electron chi connectivity index (χ4n) is 6.29. The number of nitro groups is 1. The van der Waals surface area contributed by atoms with E-state index in [1.54, 1.807) is 12.1 Å². The van der Waals surface area contributed by atoms with Crippen LogP contribution in [0.4, 0.5) is 5.69 Å². The van der Waals surface area contributed by atoms with E-state index in [0.717, 1.165) is 44.8 Å². The van der Waals surface area contributed by atoms with Gasteiger partial charge in [0.2, 0.25) is 0 Å². The number of benzene rings is 1. The van der Waals surface area contributed by atoms with Gasteiger partial charge in [0.25, 0.3) is 5.69 Å². The molecule has 4 aliphatic rings. The first-order valence-electron chi connectivity index (χ1n) is 12.4. The Bertz CT molecular complexity index is 860. The minimum absolute atomic E-state index is 0.172.